The molecule has 0 spiro atoms. The van der Waals surface area contributed by atoms with Crippen molar-refractivity contribution in [1.29, 1.82) is 0 Å². The van der Waals surface area contributed by atoms with Gasteiger partial charge < -0.3 is 9.84 Å². The second-order valence-corrected chi connectivity index (χ2v) is 4.98. The molecule has 0 heterocycles. The molecule has 0 saturated heterocycles. The maximum atomic E-state index is 8.94. The molecule has 19 heavy (non-hydrogen) atoms. The number of hydrogen-bond donors (Lipinski definition) is 1. The number of rotatable bonds is 5. The largest absolute Gasteiger partial charge is 0.457 e. The second kappa shape index (κ2) is 6.60. The third-order valence-electron chi connectivity index (χ3n) is 3.04. The van der Waals surface area contributed by atoms with Crippen LogP contribution in [-0.4, -0.2) is 11.7 Å². The van der Waals surface area contributed by atoms with Crippen LogP contribution in [0.5, 0.6) is 11.5 Å². The molecule has 0 radical (unpaired) electrons. The van der Waals surface area contributed by atoms with Crippen molar-refractivity contribution < 1.29 is 9.84 Å². The van der Waals surface area contributed by atoms with E-state index in [9.17, 15) is 0 Å². The Morgan fingerprint density at radius 1 is 1.11 bits per heavy atom. The van der Waals surface area contributed by atoms with Crippen LogP contribution < -0.4 is 4.74 Å². The van der Waals surface area contributed by atoms with Crippen molar-refractivity contribution in [2.75, 3.05) is 6.61 Å². The molecule has 2 aromatic carbocycles. The van der Waals surface area contributed by atoms with E-state index in [4.69, 9.17) is 21.4 Å². The summed E-state index contributed by atoms with van der Waals surface area (Å²) >= 11 is 5.91. The number of aliphatic hydroxyl groups is 1. The van der Waals surface area contributed by atoms with E-state index in [0.29, 0.717) is 10.9 Å². The molecule has 0 aliphatic rings. The third-order valence-corrected chi connectivity index (χ3v) is 3.28. The van der Waals surface area contributed by atoms with Crippen LogP contribution in [0.15, 0.2) is 48.5 Å². The maximum Gasteiger partial charge on any atom is 0.128 e. The first-order valence-corrected chi connectivity index (χ1v) is 6.71. The van der Waals surface area contributed by atoms with E-state index in [-0.39, 0.29) is 6.61 Å². The molecule has 2 aromatic rings. The lowest BCUT2D eigenvalue weighted by molar-refractivity contribution is 0.278. The number of aliphatic hydroxyl groups excluding tert-OH is 1. The fourth-order valence-corrected chi connectivity index (χ4v) is 2.07. The van der Waals surface area contributed by atoms with Crippen LogP contribution in [0.2, 0.25) is 5.02 Å². The molecular formula is C16H17ClO2. The van der Waals surface area contributed by atoms with Gasteiger partial charge in [0.05, 0.1) is 0 Å². The number of hydrogen-bond acceptors (Lipinski definition) is 2. The molecule has 1 N–H and O–H groups in total. The van der Waals surface area contributed by atoms with Crippen molar-refractivity contribution in [3.63, 3.8) is 0 Å². The van der Waals surface area contributed by atoms with E-state index in [1.807, 2.05) is 42.5 Å². The Morgan fingerprint density at radius 3 is 2.47 bits per heavy atom. The highest BCUT2D eigenvalue weighted by molar-refractivity contribution is 6.30. The lowest BCUT2D eigenvalue weighted by Crippen LogP contribution is -1.96. The molecule has 2 nitrogen and oxygen atoms in total. The summed E-state index contributed by atoms with van der Waals surface area (Å²) in [6, 6.07) is 15.2. The molecule has 1 atom stereocenters. The van der Waals surface area contributed by atoms with Gasteiger partial charge in [-0.05, 0) is 48.2 Å². The predicted molar refractivity (Wildman–Crippen MR) is 78.1 cm³/mol. The van der Waals surface area contributed by atoms with Crippen molar-refractivity contribution in [1.82, 2.24) is 0 Å². The summed E-state index contributed by atoms with van der Waals surface area (Å²) in [6.07, 6.45) is 0.772. The Hall–Kier alpha value is -1.51. The highest BCUT2D eigenvalue weighted by atomic mass is 35.5. The van der Waals surface area contributed by atoms with Crippen LogP contribution in [0, 0.1) is 0 Å². The maximum absolute atomic E-state index is 8.94. The zero-order chi connectivity index (χ0) is 13.7. The smallest absolute Gasteiger partial charge is 0.128 e. The summed E-state index contributed by atoms with van der Waals surface area (Å²) in [5, 5.41) is 9.59. The Balaban J connectivity index is 2.06. The molecule has 0 bridgehead atoms. The van der Waals surface area contributed by atoms with Crippen molar-refractivity contribution in [3.8, 4) is 11.5 Å². The molecule has 0 aliphatic heterocycles. The van der Waals surface area contributed by atoms with Gasteiger partial charge in [-0.15, -0.1) is 0 Å². The van der Waals surface area contributed by atoms with Crippen LogP contribution in [0.25, 0.3) is 0 Å². The zero-order valence-corrected chi connectivity index (χ0v) is 11.6. The summed E-state index contributed by atoms with van der Waals surface area (Å²) < 4.78 is 5.72. The Bertz CT molecular complexity index is 523. The molecule has 1 unspecified atom stereocenters. The highest BCUT2D eigenvalue weighted by Gasteiger charge is 2.05. The Kier molecular flexibility index (Phi) is 4.83. The standard InChI is InChI=1S/C16H17ClO2/c1-12(9-10-18)13-5-7-15(8-6-13)19-16-4-2-3-14(17)11-16/h2-8,11-12,18H,9-10H2,1H3. The van der Waals surface area contributed by atoms with Crippen LogP contribution in [-0.2, 0) is 0 Å². The van der Waals surface area contributed by atoms with Gasteiger partial charge in [-0.25, -0.2) is 0 Å². The van der Waals surface area contributed by atoms with Crippen molar-refractivity contribution >= 4 is 11.6 Å². The SMILES string of the molecule is CC(CCO)c1ccc(Oc2cccc(Cl)c2)cc1. The molecule has 0 fully saturated rings. The summed E-state index contributed by atoms with van der Waals surface area (Å²) in [5.74, 6) is 1.86. The number of ether oxygens (including phenoxy) is 1. The first-order valence-electron chi connectivity index (χ1n) is 6.33. The van der Waals surface area contributed by atoms with Crippen LogP contribution in [0.1, 0.15) is 24.8 Å². The average molecular weight is 277 g/mol. The quantitative estimate of drug-likeness (QED) is 0.863. The summed E-state index contributed by atoms with van der Waals surface area (Å²) in [4.78, 5) is 0. The predicted octanol–water partition coefficient (Wildman–Crippen LogP) is 4.62. The number of halogens is 1. The van der Waals surface area contributed by atoms with Crippen LogP contribution in [0.4, 0.5) is 0 Å². The van der Waals surface area contributed by atoms with E-state index in [1.54, 1.807) is 6.07 Å². The van der Waals surface area contributed by atoms with Crippen molar-refractivity contribution in [2.24, 2.45) is 0 Å². The minimum absolute atomic E-state index is 0.210. The Labute approximate surface area is 118 Å². The molecule has 0 saturated carbocycles. The molecule has 3 heteroatoms. The Morgan fingerprint density at radius 2 is 1.84 bits per heavy atom. The number of benzene rings is 2. The van der Waals surface area contributed by atoms with Gasteiger partial charge in [0.15, 0.2) is 0 Å². The van der Waals surface area contributed by atoms with E-state index < -0.39 is 0 Å². The average Bonchev–Trinajstić information content (AvgIpc) is 2.40. The topological polar surface area (TPSA) is 29.5 Å². The minimum Gasteiger partial charge on any atom is -0.457 e. The normalized spacial score (nSPS) is 12.2. The molecule has 2 rings (SSSR count). The molecule has 0 aliphatic carbocycles. The summed E-state index contributed by atoms with van der Waals surface area (Å²) in [5.41, 5.74) is 1.20. The lowest BCUT2D eigenvalue weighted by Gasteiger charge is -2.11. The van der Waals surface area contributed by atoms with Crippen LogP contribution >= 0.6 is 11.6 Å². The van der Waals surface area contributed by atoms with Crippen LogP contribution in [0.3, 0.4) is 0 Å². The lowest BCUT2D eigenvalue weighted by atomic mass is 9.98. The van der Waals surface area contributed by atoms with Gasteiger partial charge in [0.25, 0.3) is 0 Å². The van der Waals surface area contributed by atoms with E-state index in [2.05, 4.69) is 6.92 Å². The van der Waals surface area contributed by atoms with Crippen molar-refractivity contribution in [2.45, 2.75) is 19.3 Å². The van der Waals surface area contributed by atoms with Gasteiger partial charge in [-0.1, -0.05) is 36.7 Å². The van der Waals surface area contributed by atoms with E-state index >= 15 is 0 Å². The summed E-state index contributed by atoms with van der Waals surface area (Å²) in [7, 11) is 0. The van der Waals surface area contributed by atoms with Gasteiger partial charge >= 0.3 is 0 Å². The summed E-state index contributed by atoms with van der Waals surface area (Å²) in [6.45, 7) is 2.31. The fourth-order valence-electron chi connectivity index (χ4n) is 1.89. The molecule has 0 aromatic heterocycles. The molecular weight excluding hydrogens is 260 g/mol. The third kappa shape index (κ3) is 3.98. The van der Waals surface area contributed by atoms with E-state index in [0.717, 1.165) is 17.9 Å². The first kappa shape index (κ1) is 13.9. The minimum atomic E-state index is 0.210. The van der Waals surface area contributed by atoms with Gasteiger partial charge in [-0.2, -0.15) is 0 Å². The second-order valence-electron chi connectivity index (χ2n) is 4.54. The first-order chi connectivity index (χ1) is 9.19. The van der Waals surface area contributed by atoms with Gasteiger partial charge in [0, 0.05) is 11.6 Å². The zero-order valence-electron chi connectivity index (χ0n) is 10.8. The monoisotopic (exact) mass is 276 g/mol. The van der Waals surface area contributed by atoms with Gasteiger partial charge in [-0.3, -0.25) is 0 Å². The molecule has 100 valence electrons. The fraction of sp³-hybridized carbons (Fsp3) is 0.250. The van der Waals surface area contributed by atoms with Gasteiger partial charge in [0.2, 0.25) is 0 Å². The van der Waals surface area contributed by atoms with E-state index in [1.165, 1.54) is 5.56 Å². The van der Waals surface area contributed by atoms with Crippen molar-refractivity contribution in [3.05, 3.63) is 59.1 Å². The van der Waals surface area contributed by atoms with Gasteiger partial charge in [0.1, 0.15) is 11.5 Å². The molecule has 0 amide bonds. The highest BCUT2D eigenvalue weighted by Crippen LogP contribution is 2.26.